The maximum Gasteiger partial charge on any atom is 0.253 e. The number of hydrogen-bond donors (Lipinski definition) is 2. The number of quaternary nitrogens is 1. The number of carbonyl (C=O) groups is 2. The smallest absolute Gasteiger partial charge is 0.253 e. The van der Waals surface area contributed by atoms with Crippen LogP contribution < -0.4 is 24.0 Å². The Balaban J connectivity index is 0.00000272. The molecule has 1 aromatic heterocycles. The highest BCUT2D eigenvalue weighted by molar-refractivity contribution is 6.56. The van der Waals surface area contributed by atoms with Crippen LogP contribution in [0.25, 0.3) is 10.9 Å². The molecule has 2 heterocycles. The fourth-order valence-electron chi connectivity index (χ4n) is 3.55. The summed E-state index contributed by atoms with van der Waals surface area (Å²) in [5.41, 5.74) is 2.74. The van der Waals surface area contributed by atoms with E-state index in [0.29, 0.717) is 39.8 Å². The van der Waals surface area contributed by atoms with Gasteiger partial charge in [0.2, 0.25) is 5.78 Å². The average molecular weight is 532 g/mol. The molecule has 162 valence electrons. The minimum absolute atomic E-state index is 0. The SMILES string of the molecule is CN(CC[N+](C)(C)C)C(=O)c1ccc2[nH]c(O)c(C3=Nc4ccccc4C3=O)c2c1.[I-]. The lowest BCUT2D eigenvalue weighted by atomic mass is 10.0. The Kier molecular flexibility index (Phi) is 6.24. The van der Waals surface area contributed by atoms with Crippen LogP contribution in [0.3, 0.4) is 0 Å². The third-order valence-corrected chi connectivity index (χ3v) is 5.31. The Morgan fingerprint density at radius 3 is 2.55 bits per heavy atom. The molecule has 0 saturated heterocycles. The fourth-order valence-corrected chi connectivity index (χ4v) is 3.55. The Morgan fingerprint density at radius 1 is 1.16 bits per heavy atom. The predicted octanol–water partition coefficient (Wildman–Crippen LogP) is -0.0272. The summed E-state index contributed by atoms with van der Waals surface area (Å²) < 4.78 is 0.759. The Morgan fingerprint density at radius 2 is 1.87 bits per heavy atom. The van der Waals surface area contributed by atoms with Gasteiger partial charge >= 0.3 is 0 Å². The molecular weight excluding hydrogens is 507 g/mol. The van der Waals surface area contributed by atoms with Crippen LogP contribution in [-0.4, -0.2) is 78.2 Å². The second kappa shape index (κ2) is 8.43. The minimum atomic E-state index is -0.237. The van der Waals surface area contributed by atoms with Crippen LogP contribution in [0.15, 0.2) is 47.5 Å². The molecule has 0 saturated carbocycles. The van der Waals surface area contributed by atoms with Crippen LogP contribution in [0, 0.1) is 0 Å². The van der Waals surface area contributed by atoms with E-state index in [2.05, 4.69) is 31.1 Å². The van der Waals surface area contributed by atoms with E-state index < -0.39 is 0 Å². The van der Waals surface area contributed by atoms with Crippen molar-refractivity contribution in [2.24, 2.45) is 4.99 Å². The maximum absolute atomic E-state index is 12.9. The number of ketones is 1. The quantitative estimate of drug-likeness (QED) is 0.358. The second-order valence-corrected chi connectivity index (χ2v) is 8.66. The van der Waals surface area contributed by atoms with E-state index in [0.717, 1.165) is 11.0 Å². The summed E-state index contributed by atoms with van der Waals surface area (Å²) in [6.45, 7) is 1.44. The summed E-state index contributed by atoms with van der Waals surface area (Å²) in [6, 6.07) is 12.3. The van der Waals surface area contributed by atoms with Crippen LogP contribution in [0.4, 0.5) is 5.69 Å². The number of halogens is 1. The average Bonchev–Trinajstić information content (AvgIpc) is 3.20. The van der Waals surface area contributed by atoms with Crippen molar-refractivity contribution in [3.63, 3.8) is 0 Å². The number of aromatic hydroxyl groups is 1. The Bertz CT molecular complexity index is 1210. The number of rotatable bonds is 5. The van der Waals surface area contributed by atoms with Crippen molar-refractivity contribution in [2.75, 3.05) is 41.3 Å². The van der Waals surface area contributed by atoms with Gasteiger partial charge in [-0.05, 0) is 30.3 Å². The molecular formula is C23H25IN4O3. The molecule has 1 amide bonds. The Labute approximate surface area is 198 Å². The summed E-state index contributed by atoms with van der Waals surface area (Å²) in [5, 5.41) is 11.1. The highest BCUT2D eigenvalue weighted by Crippen LogP contribution is 2.35. The molecule has 2 aromatic carbocycles. The minimum Gasteiger partial charge on any atom is -1.00 e. The molecule has 31 heavy (non-hydrogen) atoms. The van der Waals surface area contributed by atoms with Crippen molar-refractivity contribution in [3.8, 4) is 5.88 Å². The summed E-state index contributed by atoms with van der Waals surface area (Å²) in [7, 11) is 8.02. The number of nitrogens with zero attached hydrogens (tertiary/aromatic N) is 3. The number of benzene rings is 2. The number of nitrogens with one attached hydrogen (secondary N) is 1. The molecule has 7 nitrogen and oxygen atoms in total. The third kappa shape index (κ3) is 4.35. The Hall–Kier alpha value is -2.72. The van der Waals surface area contributed by atoms with E-state index in [4.69, 9.17) is 0 Å². The number of aliphatic imine (C=N–C) groups is 1. The maximum atomic E-state index is 12.9. The number of carbonyl (C=O) groups excluding carboxylic acids is 2. The zero-order valence-electron chi connectivity index (χ0n) is 17.9. The van der Waals surface area contributed by atoms with Crippen LogP contribution in [0.5, 0.6) is 5.88 Å². The number of likely N-dealkylation sites (N-methyl/N-ethyl adjacent to an activating group) is 2. The molecule has 1 aliphatic heterocycles. The van der Waals surface area contributed by atoms with Gasteiger partial charge in [0.1, 0.15) is 5.71 Å². The van der Waals surface area contributed by atoms with Gasteiger partial charge in [0.15, 0.2) is 5.88 Å². The van der Waals surface area contributed by atoms with Gasteiger partial charge in [-0.15, -0.1) is 0 Å². The fraction of sp³-hybridized carbons (Fsp3) is 0.261. The zero-order valence-corrected chi connectivity index (χ0v) is 20.1. The number of aromatic amines is 1. The van der Waals surface area contributed by atoms with Crippen molar-refractivity contribution in [3.05, 3.63) is 59.2 Å². The van der Waals surface area contributed by atoms with E-state index in [1.807, 2.05) is 6.07 Å². The first kappa shape index (κ1) is 23.0. The molecule has 0 spiro atoms. The standard InChI is InChI=1S/C23H24N4O3.HI/c1-26(11-12-27(2,3)4)23(30)14-9-10-18-16(13-14)19(22(29)25-18)20-21(28)15-7-5-6-8-17(15)24-20;/h5-10,13H,11-12H2,1-4H3,(H-,24,25,28,29,30);1H. The van der Waals surface area contributed by atoms with Crippen LogP contribution >= 0.6 is 0 Å². The van der Waals surface area contributed by atoms with Gasteiger partial charge in [-0.3, -0.25) is 9.59 Å². The van der Waals surface area contributed by atoms with Gasteiger partial charge in [-0.25, -0.2) is 4.99 Å². The molecule has 4 rings (SSSR count). The lowest BCUT2D eigenvalue weighted by molar-refractivity contribution is -0.869. The summed E-state index contributed by atoms with van der Waals surface area (Å²) >= 11 is 0. The highest BCUT2D eigenvalue weighted by atomic mass is 127. The first-order valence-electron chi connectivity index (χ1n) is 9.79. The first-order chi connectivity index (χ1) is 14.2. The molecule has 0 bridgehead atoms. The number of Topliss-reactive ketones (excluding diaryl/α,β-unsaturated/α-hetero) is 1. The highest BCUT2D eigenvalue weighted by Gasteiger charge is 2.30. The molecule has 0 unspecified atom stereocenters. The van der Waals surface area contributed by atoms with E-state index in [-0.39, 0.29) is 47.3 Å². The second-order valence-electron chi connectivity index (χ2n) is 8.66. The normalized spacial score (nSPS) is 13.0. The van der Waals surface area contributed by atoms with Crippen LogP contribution in [0.1, 0.15) is 26.3 Å². The van der Waals surface area contributed by atoms with E-state index in [1.54, 1.807) is 48.3 Å². The van der Waals surface area contributed by atoms with Crippen LogP contribution in [-0.2, 0) is 0 Å². The number of hydrogen-bond acceptors (Lipinski definition) is 4. The number of para-hydroxylation sites is 1. The van der Waals surface area contributed by atoms with Gasteiger partial charge < -0.3 is 43.5 Å². The summed E-state index contributed by atoms with van der Waals surface area (Å²) in [5.74, 6) is -0.480. The number of amides is 1. The monoisotopic (exact) mass is 532 g/mol. The lowest BCUT2D eigenvalue weighted by Crippen LogP contribution is -3.00. The largest absolute Gasteiger partial charge is 1.00 e. The van der Waals surface area contributed by atoms with Crippen molar-refractivity contribution in [2.45, 2.75) is 0 Å². The third-order valence-electron chi connectivity index (χ3n) is 5.31. The lowest BCUT2D eigenvalue weighted by Gasteiger charge is -2.27. The van der Waals surface area contributed by atoms with E-state index in [9.17, 15) is 14.7 Å². The molecule has 8 heteroatoms. The molecule has 0 aliphatic carbocycles. The van der Waals surface area contributed by atoms with Gasteiger partial charge in [0.25, 0.3) is 5.91 Å². The van der Waals surface area contributed by atoms with Crippen molar-refractivity contribution < 1.29 is 43.2 Å². The molecule has 2 N–H and O–H groups in total. The number of H-pyrrole nitrogens is 1. The molecule has 1 aliphatic rings. The summed E-state index contributed by atoms with van der Waals surface area (Å²) in [6.07, 6.45) is 0. The zero-order chi connectivity index (χ0) is 21.6. The van der Waals surface area contributed by atoms with Crippen molar-refractivity contribution in [1.29, 1.82) is 0 Å². The number of aromatic nitrogens is 1. The number of fused-ring (bicyclic) bond motifs is 2. The van der Waals surface area contributed by atoms with Gasteiger partial charge in [-0.1, -0.05) is 12.1 Å². The van der Waals surface area contributed by atoms with Crippen molar-refractivity contribution >= 4 is 34.0 Å². The van der Waals surface area contributed by atoms with Crippen molar-refractivity contribution in [1.82, 2.24) is 9.88 Å². The molecule has 0 fully saturated rings. The predicted molar refractivity (Wildman–Crippen MR) is 117 cm³/mol. The van der Waals surface area contributed by atoms with Gasteiger partial charge in [0, 0.05) is 29.1 Å². The van der Waals surface area contributed by atoms with Gasteiger partial charge in [0.05, 0.1) is 45.5 Å². The topological polar surface area (TPSA) is 85.8 Å². The molecule has 3 aromatic rings. The summed E-state index contributed by atoms with van der Waals surface area (Å²) in [4.78, 5) is 34.8. The van der Waals surface area contributed by atoms with Crippen LogP contribution in [0.2, 0.25) is 0 Å². The van der Waals surface area contributed by atoms with E-state index in [1.165, 1.54) is 0 Å². The molecule has 0 radical (unpaired) electrons. The van der Waals surface area contributed by atoms with E-state index >= 15 is 0 Å². The van der Waals surface area contributed by atoms with Gasteiger partial charge in [-0.2, -0.15) is 0 Å². The molecule has 0 atom stereocenters. The first-order valence-corrected chi connectivity index (χ1v) is 9.79.